The van der Waals surface area contributed by atoms with E-state index < -0.39 is 5.41 Å². The lowest BCUT2D eigenvalue weighted by Gasteiger charge is -2.25. The van der Waals surface area contributed by atoms with Gasteiger partial charge in [-0.05, 0) is 18.2 Å². The Labute approximate surface area is 232 Å². The molecule has 40 heavy (non-hydrogen) atoms. The maximum absolute atomic E-state index is 13.4. The molecule has 0 aliphatic carbocycles. The van der Waals surface area contributed by atoms with E-state index in [0.29, 0.717) is 48.9 Å². The number of ether oxygens (including phenoxy) is 1. The Morgan fingerprint density at radius 2 is 1.95 bits per heavy atom. The Hall–Kier alpha value is -4.37. The molecule has 1 aromatic carbocycles. The van der Waals surface area contributed by atoms with Gasteiger partial charge in [-0.15, -0.1) is 0 Å². The molecule has 0 saturated carbocycles. The van der Waals surface area contributed by atoms with Crippen LogP contribution in [0.4, 0.5) is 5.82 Å². The molecule has 5 heterocycles. The van der Waals surface area contributed by atoms with Crippen molar-refractivity contribution >= 4 is 23.0 Å². The van der Waals surface area contributed by atoms with Crippen molar-refractivity contribution in [3.8, 4) is 11.3 Å². The number of anilines is 1. The number of carbonyl (C=O) groups excluding carboxylic acids is 2. The molecule has 0 bridgehead atoms. The van der Waals surface area contributed by atoms with E-state index in [4.69, 9.17) is 15.5 Å². The fourth-order valence-electron chi connectivity index (χ4n) is 6.15. The van der Waals surface area contributed by atoms with Crippen molar-refractivity contribution < 1.29 is 14.3 Å². The van der Waals surface area contributed by atoms with Gasteiger partial charge in [0.1, 0.15) is 22.9 Å². The molecule has 0 radical (unpaired) electrons. The third-order valence-electron chi connectivity index (χ3n) is 8.65. The molecule has 6 rings (SSSR count). The Bertz CT molecular complexity index is 1600. The molecule has 9 heteroatoms. The molecule has 3 aromatic heterocycles. The van der Waals surface area contributed by atoms with E-state index in [1.807, 2.05) is 71.8 Å². The predicted octanol–water partition coefficient (Wildman–Crippen LogP) is 3.91. The lowest BCUT2D eigenvalue weighted by atomic mass is 9.80. The number of amides is 1. The molecule has 2 saturated heterocycles. The highest BCUT2D eigenvalue weighted by atomic mass is 16.5. The summed E-state index contributed by atoms with van der Waals surface area (Å²) in [4.78, 5) is 41.6. The highest BCUT2D eigenvalue weighted by molar-refractivity contribution is 5.99. The quantitative estimate of drug-likeness (QED) is 0.281. The van der Waals surface area contributed by atoms with Crippen LogP contribution in [0.3, 0.4) is 0 Å². The fourth-order valence-corrected chi connectivity index (χ4v) is 6.15. The normalized spacial score (nSPS) is 21.8. The van der Waals surface area contributed by atoms with Crippen molar-refractivity contribution in [1.29, 1.82) is 0 Å². The van der Waals surface area contributed by atoms with Crippen LogP contribution in [0.2, 0.25) is 0 Å². The molecule has 3 unspecified atom stereocenters. The molecule has 2 N–H and O–H groups in total. The number of nitrogen functional groups attached to an aromatic ring is 1. The van der Waals surface area contributed by atoms with Gasteiger partial charge < -0.3 is 15.4 Å². The molecule has 4 atom stereocenters. The largest absolute Gasteiger partial charge is 0.382 e. The number of aromatic nitrogens is 4. The summed E-state index contributed by atoms with van der Waals surface area (Å²) < 4.78 is 7.92. The Morgan fingerprint density at radius 3 is 2.67 bits per heavy atom. The minimum Gasteiger partial charge on any atom is -0.382 e. The predicted molar refractivity (Wildman–Crippen MR) is 152 cm³/mol. The third-order valence-corrected chi connectivity index (χ3v) is 8.65. The maximum atomic E-state index is 13.4. The Balaban J connectivity index is 1.36. The van der Waals surface area contributed by atoms with E-state index in [-0.39, 0.29) is 29.4 Å². The van der Waals surface area contributed by atoms with Gasteiger partial charge in [0.2, 0.25) is 5.91 Å². The SMILES string of the molecule is C=CC(=O)N1CC2COC[C@]2(c2nc(-c3ccc(C(=O)C(C)C(C)c4ccccn4)cc3)c3c(N)nccn23)C1. The van der Waals surface area contributed by atoms with E-state index >= 15 is 0 Å². The first kappa shape index (κ1) is 25.9. The third kappa shape index (κ3) is 4.08. The minimum absolute atomic E-state index is 0.0151. The van der Waals surface area contributed by atoms with Crippen LogP contribution in [0.15, 0.2) is 73.7 Å². The fraction of sp³-hybridized carbons (Fsp3) is 0.323. The summed E-state index contributed by atoms with van der Waals surface area (Å²) in [6, 6.07) is 13.3. The van der Waals surface area contributed by atoms with Crippen molar-refractivity contribution in [2.75, 3.05) is 32.0 Å². The zero-order valence-corrected chi connectivity index (χ0v) is 22.7. The summed E-state index contributed by atoms with van der Waals surface area (Å²) in [6.07, 6.45) is 6.62. The number of benzene rings is 1. The van der Waals surface area contributed by atoms with E-state index in [1.54, 1.807) is 12.4 Å². The summed E-state index contributed by atoms with van der Waals surface area (Å²) in [5.41, 5.74) is 9.67. The zero-order chi connectivity index (χ0) is 28.0. The number of rotatable bonds is 7. The van der Waals surface area contributed by atoms with Crippen molar-refractivity contribution in [3.05, 3.63) is 90.8 Å². The van der Waals surface area contributed by atoms with E-state index in [0.717, 1.165) is 17.1 Å². The van der Waals surface area contributed by atoms with Crippen molar-refractivity contribution in [1.82, 2.24) is 24.3 Å². The van der Waals surface area contributed by atoms with Crippen molar-refractivity contribution in [2.45, 2.75) is 25.2 Å². The number of nitrogens with zero attached hydrogens (tertiary/aromatic N) is 5. The number of fused-ring (bicyclic) bond motifs is 2. The lowest BCUT2D eigenvalue weighted by Crippen LogP contribution is -2.38. The van der Waals surface area contributed by atoms with Gasteiger partial charge in [-0.3, -0.25) is 19.0 Å². The number of hydrogen-bond donors (Lipinski definition) is 1. The second-order valence-electron chi connectivity index (χ2n) is 10.9. The summed E-state index contributed by atoms with van der Waals surface area (Å²) in [6.45, 7) is 9.72. The highest BCUT2D eigenvalue weighted by Gasteiger charge is 2.55. The monoisotopic (exact) mass is 536 g/mol. The molecular formula is C31H32N6O3. The van der Waals surface area contributed by atoms with Gasteiger partial charge >= 0.3 is 0 Å². The van der Waals surface area contributed by atoms with Gasteiger partial charge in [-0.25, -0.2) is 9.97 Å². The zero-order valence-electron chi connectivity index (χ0n) is 22.7. The van der Waals surface area contributed by atoms with Crippen LogP contribution in [0, 0.1) is 11.8 Å². The molecule has 204 valence electrons. The number of hydrogen-bond acceptors (Lipinski definition) is 7. The van der Waals surface area contributed by atoms with Gasteiger partial charge in [0.15, 0.2) is 5.78 Å². The van der Waals surface area contributed by atoms with Crippen LogP contribution < -0.4 is 5.73 Å². The van der Waals surface area contributed by atoms with E-state index in [2.05, 4.69) is 16.5 Å². The summed E-state index contributed by atoms with van der Waals surface area (Å²) in [5, 5.41) is 0. The number of pyridine rings is 1. The van der Waals surface area contributed by atoms with Crippen molar-refractivity contribution in [2.24, 2.45) is 11.8 Å². The van der Waals surface area contributed by atoms with Crippen LogP contribution >= 0.6 is 0 Å². The lowest BCUT2D eigenvalue weighted by molar-refractivity contribution is -0.125. The average Bonchev–Trinajstić information content (AvgIpc) is 3.68. The topological polar surface area (TPSA) is 116 Å². The van der Waals surface area contributed by atoms with Crippen molar-refractivity contribution in [3.63, 3.8) is 0 Å². The van der Waals surface area contributed by atoms with Crippen LogP contribution in [0.25, 0.3) is 16.8 Å². The second kappa shape index (κ2) is 9.98. The average molecular weight is 537 g/mol. The first-order valence-electron chi connectivity index (χ1n) is 13.5. The molecule has 2 aliphatic rings. The number of nitrogens with two attached hydrogens (primary N) is 1. The van der Waals surface area contributed by atoms with Gasteiger partial charge in [-0.2, -0.15) is 0 Å². The van der Waals surface area contributed by atoms with Gasteiger partial charge in [-0.1, -0.05) is 50.8 Å². The summed E-state index contributed by atoms with van der Waals surface area (Å²) >= 11 is 0. The number of ketones is 1. The van der Waals surface area contributed by atoms with Crippen LogP contribution in [-0.2, 0) is 14.9 Å². The molecule has 2 fully saturated rings. The van der Waals surface area contributed by atoms with Gasteiger partial charge in [0.25, 0.3) is 0 Å². The van der Waals surface area contributed by atoms with E-state index in [9.17, 15) is 9.59 Å². The summed E-state index contributed by atoms with van der Waals surface area (Å²) in [5.74, 6) is 0.976. The second-order valence-corrected chi connectivity index (χ2v) is 10.9. The van der Waals surface area contributed by atoms with E-state index in [1.165, 1.54) is 6.08 Å². The molecule has 0 spiro atoms. The standard InChI is InChI=1S/C31H32N6O3/c1-4-25(38)36-15-23-16-40-18-31(23,17-36)30-35-26(27-29(32)34-13-14-37(27)30)21-8-10-22(11-9-21)28(39)20(3)19(2)24-7-5-6-12-33-24/h4-14,19-20,23H,1,15-18H2,2-3H3,(H2,32,34)/t19?,20?,23?,31-/m1/s1. The molecule has 2 aliphatic heterocycles. The molecule has 4 aromatic rings. The van der Waals surface area contributed by atoms with Crippen LogP contribution in [-0.4, -0.2) is 62.2 Å². The first-order chi connectivity index (χ1) is 19.3. The highest BCUT2D eigenvalue weighted by Crippen LogP contribution is 2.45. The van der Waals surface area contributed by atoms with Crippen LogP contribution in [0.5, 0.6) is 0 Å². The number of likely N-dealkylation sites (tertiary alicyclic amines) is 1. The number of Topliss-reactive ketones (excluding diaryl/α,β-unsaturated/α-hetero) is 1. The minimum atomic E-state index is -0.472. The van der Waals surface area contributed by atoms with Gasteiger partial charge in [0.05, 0.1) is 18.6 Å². The van der Waals surface area contributed by atoms with Gasteiger partial charge in [0, 0.05) is 66.3 Å². The Morgan fingerprint density at radius 1 is 1.15 bits per heavy atom. The maximum Gasteiger partial charge on any atom is 0.245 e. The summed E-state index contributed by atoms with van der Waals surface area (Å²) in [7, 11) is 0. The first-order valence-corrected chi connectivity index (χ1v) is 13.5. The molecule has 9 nitrogen and oxygen atoms in total. The number of imidazole rings is 1. The smallest absolute Gasteiger partial charge is 0.245 e. The molecular weight excluding hydrogens is 504 g/mol. The Kier molecular flexibility index (Phi) is 6.46. The number of carbonyl (C=O) groups is 2. The van der Waals surface area contributed by atoms with Crippen LogP contribution in [0.1, 0.15) is 41.6 Å². The molecule has 1 amide bonds.